The zero-order valence-electron chi connectivity index (χ0n) is 9.93. The van der Waals surface area contributed by atoms with Gasteiger partial charge in [0.15, 0.2) is 0 Å². The summed E-state index contributed by atoms with van der Waals surface area (Å²) in [6, 6.07) is 12.9. The van der Waals surface area contributed by atoms with E-state index in [1.54, 1.807) is 0 Å². The topological polar surface area (TPSA) is 29.3 Å². The van der Waals surface area contributed by atoms with E-state index in [0.29, 0.717) is 0 Å². The molecule has 4 rings (SSSR count). The highest BCUT2D eigenvalue weighted by Gasteiger charge is 2.11. The number of hydrogen-bond donors (Lipinski definition) is 1. The first kappa shape index (κ1) is 9.71. The zero-order chi connectivity index (χ0) is 11.9. The van der Waals surface area contributed by atoms with E-state index in [4.69, 9.17) is 0 Å². The fourth-order valence-corrected chi connectivity index (χ4v) is 2.65. The Kier molecular flexibility index (Phi) is 1.94. The van der Waals surface area contributed by atoms with E-state index in [1.165, 1.54) is 22.5 Å². The molecule has 1 N–H and O–H groups in total. The minimum absolute atomic E-state index is 0.992. The van der Waals surface area contributed by atoms with Crippen LogP contribution in [-0.4, -0.2) is 15.9 Å². The molecule has 0 aliphatic carbocycles. The van der Waals surface area contributed by atoms with Gasteiger partial charge in [-0.1, -0.05) is 12.1 Å². The molecule has 3 heterocycles. The maximum absolute atomic E-state index is 4.33. The molecule has 0 fully saturated rings. The maximum atomic E-state index is 4.33. The van der Waals surface area contributed by atoms with Crippen molar-refractivity contribution >= 4 is 11.3 Å². The van der Waals surface area contributed by atoms with Crippen molar-refractivity contribution in [2.75, 3.05) is 11.9 Å². The zero-order valence-corrected chi connectivity index (χ0v) is 9.93. The number of anilines is 1. The van der Waals surface area contributed by atoms with Gasteiger partial charge in [-0.2, -0.15) is 0 Å². The first-order valence-corrected chi connectivity index (χ1v) is 6.21. The summed E-state index contributed by atoms with van der Waals surface area (Å²) < 4.78 is 2.13. The van der Waals surface area contributed by atoms with Gasteiger partial charge in [-0.3, -0.25) is 4.40 Å². The van der Waals surface area contributed by atoms with E-state index in [2.05, 4.69) is 45.0 Å². The van der Waals surface area contributed by atoms with Crippen LogP contribution in [0.4, 0.5) is 5.69 Å². The Balaban J connectivity index is 1.94. The Bertz CT molecular complexity index is 727. The van der Waals surface area contributed by atoms with Crippen LogP contribution in [0.25, 0.3) is 16.9 Å². The third-order valence-corrected chi connectivity index (χ3v) is 3.54. The summed E-state index contributed by atoms with van der Waals surface area (Å²) in [4.78, 5) is 4.33. The highest BCUT2D eigenvalue weighted by Crippen LogP contribution is 2.28. The number of imidazole rings is 1. The van der Waals surface area contributed by atoms with Crippen molar-refractivity contribution < 1.29 is 0 Å². The lowest BCUT2D eigenvalue weighted by Crippen LogP contribution is -1.91. The van der Waals surface area contributed by atoms with Crippen LogP contribution in [0.15, 0.2) is 48.8 Å². The number of hydrogen-bond acceptors (Lipinski definition) is 2. The Hall–Kier alpha value is -2.29. The molecule has 0 amide bonds. The molecule has 0 radical (unpaired) electrons. The fourth-order valence-electron chi connectivity index (χ4n) is 2.65. The Labute approximate surface area is 105 Å². The molecule has 3 heteroatoms. The van der Waals surface area contributed by atoms with E-state index in [9.17, 15) is 0 Å². The third kappa shape index (κ3) is 1.34. The average molecular weight is 235 g/mol. The number of rotatable bonds is 1. The lowest BCUT2D eigenvalue weighted by Gasteiger charge is -2.07. The SMILES string of the molecule is c1cc(-c2ccc3c(c2)CCN3)n2ccnc2c1. The molecular formula is C15H13N3. The molecule has 0 spiro atoms. The van der Waals surface area contributed by atoms with Crippen LogP contribution in [-0.2, 0) is 6.42 Å². The Morgan fingerprint density at radius 3 is 3.17 bits per heavy atom. The lowest BCUT2D eigenvalue weighted by atomic mass is 10.1. The number of aromatic nitrogens is 2. The number of nitrogens with zero attached hydrogens (tertiary/aromatic N) is 2. The first-order chi connectivity index (χ1) is 8.92. The summed E-state index contributed by atoms with van der Waals surface area (Å²) in [5, 5.41) is 3.39. The van der Waals surface area contributed by atoms with Crippen LogP contribution in [0.3, 0.4) is 0 Å². The van der Waals surface area contributed by atoms with Gasteiger partial charge in [0, 0.05) is 24.6 Å². The van der Waals surface area contributed by atoms with Gasteiger partial charge in [0.2, 0.25) is 0 Å². The molecule has 3 aromatic rings. The van der Waals surface area contributed by atoms with Crippen LogP contribution >= 0.6 is 0 Å². The average Bonchev–Trinajstić information content (AvgIpc) is 3.05. The molecule has 0 saturated carbocycles. The number of benzene rings is 1. The first-order valence-electron chi connectivity index (χ1n) is 6.21. The molecule has 1 aliphatic heterocycles. The molecule has 0 unspecified atom stereocenters. The standard InChI is InChI=1S/C15H13N3/c1-2-14(18-9-8-17-15(18)3-1)12-4-5-13-11(10-12)6-7-16-13/h1-5,8-10,16H,6-7H2. The van der Waals surface area contributed by atoms with E-state index in [-0.39, 0.29) is 0 Å². The lowest BCUT2D eigenvalue weighted by molar-refractivity contribution is 1.10. The van der Waals surface area contributed by atoms with Crippen molar-refractivity contribution in [3.05, 3.63) is 54.4 Å². The van der Waals surface area contributed by atoms with Gasteiger partial charge in [-0.25, -0.2) is 4.98 Å². The highest BCUT2D eigenvalue weighted by molar-refractivity contribution is 5.69. The fraction of sp³-hybridized carbons (Fsp3) is 0.133. The van der Waals surface area contributed by atoms with Crippen molar-refractivity contribution in [1.29, 1.82) is 0 Å². The molecule has 18 heavy (non-hydrogen) atoms. The van der Waals surface area contributed by atoms with Crippen molar-refractivity contribution in [2.24, 2.45) is 0 Å². The van der Waals surface area contributed by atoms with Crippen LogP contribution in [0, 0.1) is 0 Å². The van der Waals surface area contributed by atoms with E-state index in [1.807, 2.05) is 18.5 Å². The van der Waals surface area contributed by atoms with Crippen molar-refractivity contribution in [3.63, 3.8) is 0 Å². The van der Waals surface area contributed by atoms with Crippen molar-refractivity contribution in [2.45, 2.75) is 6.42 Å². The smallest absolute Gasteiger partial charge is 0.137 e. The summed E-state index contributed by atoms with van der Waals surface area (Å²) in [6.45, 7) is 1.05. The summed E-state index contributed by atoms with van der Waals surface area (Å²) in [5.41, 5.74) is 6.12. The molecule has 1 aliphatic rings. The van der Waals surface area contributed by atoms with Gasteiger partial charge in [0.1, 0.15) is 5.65 Å². The van der Waals surface area contributed by atoms with Gasteiger partial charge in [-0.15, -0.1) is 0 Å². The predicted molar refractivity (Wildman–Crippen MR) is 72.8 cm³/mol. The second-order valence-corrected chi connectivity index (χ2v) is 4.62. The molecule has 0 bridgehead atoms. The van der Waals surface area contributed by atoms with Gasteiger partial charge in [0.25, 0.3) is 0 Å². The van der Waals surface area contributed by atoms with E-state index < -0.39 is 0 Å². The molecule has 88 valence electrons. The molecule has 1 aromatic carbocycles. The summed E-state index contributed by atoms with van der Waals surface area (Å²) in [5.74, 6) is 0. The van der Waals surface area contributed by atoms with Crippen LogP contribution in [0.2, 0.25) is 0 Å². The van der Waals surface area contributed by atoms with Gasteiger partial charge in [-0.05, 0) is 41.8 Å². The van der Waals surface area contributed by atoms with Gasteiger partial charge in [0.05, 0.1) is 5.69 Å². The minimum atomic E-state index is 0.992. The maximum Gasteiger partial charge on any atom is 0.137 e. The summed E-state index contributed by atoms with van der Waals surface area (Å²) in [6.07, 6.45) is 4.97. The molecule has 0 saturated heterocycles. The van der Waals surface area contributed by atoms with Crippen LogP contribution < -0.4 is 5.32 Å². The largest absolute Gasteiger partial charge is 0.384 e. The van der Waals surface area contributed by atoms with E-state index in [0.717, 1.165) is 18.6 Å². The second-order valence-electron chi connectivity index (χ2n) is 4.62. The quantitative estimate of drug-likeness (QED) is 0.702. The van der Waals surface area contributed by atoms with Crippen LogP contribution in [0.5, 0.6) is 0 Å². The molecule has 2 aromatic heterocycles. The number of fused-ring (bicyclic) bond motifs is 2. The highest BCUT2D eigenvalue weighted by atomic mass is 15.0. The number of nitrogens with one attached hydrogen (secondary N) is 1. The summed E-state index contributed by atoms with van der Waals surface area (Å²) in [7, 11) is 0. The van der Waals surface area contributed by atoms with Gasteiger partial charge < -0.3 is 5.32 Å². The predicted octanol–water partition coefficient (Wildman–Crippen LogP) is 2.97. The normalized spacial score (nSPS) is 13.6. The third-order valence-electron chi connectivity index (χ3n) is 3.54. The Morgan fingerprint density at radius 1 is 1.17 bits per heavy atom. The number of pyridine rings is 1. The van der Waals surface area contributed by atoms with Crippen LogP contribution in [0.1, 0.15) is 5.56 Å². The monoisotopic (exact) mass is 235 g/mol. The minimum Gasteiger partial charge on any atom is -0.384 e. The second kappa shape index (κ2) is 3.60. The van der Waals surface area contributed by atoms with E-state index >= 15 is 0 Å². The molecular weight excluding hydrogens is 222 g/mol. The van der Waals surface area contributed by atoms with Crippen molar-refractivity contribution in [1.82, 2.24) is 9.38 Å². The Morgan fingerprint density at radius 2 is 2.17 bits per heavy atom. The van der Waals surface area contributed by atoms with Crippen molar-refractivity contribution in [3.8, 4) is 11.3 Å². The summed E-state index contributed by atoms with van der Waals surface area (Å²) >= 11 is 0. The van der Waals surface area contributed by atoms with Gasteiger partial charge >= 0.3 is 0 Å². The molecule has 3 nitrogen and oxygen atoms in total. The molecule has 0 atom stereocenters.